The van der Waals surface area contributed by atoms with Gasteiger partial charge < -0.3 is 10.0 Å². The smallest absolute Gasteiger partial charge is 0.417 e. The van der Waals surface area contributed by atoms with Gasteiger partial charge in [-0.2, -0.15) is 13.2 Å². The topological polar surface area (TPSA) is 57.6 Å². The van der Waals surface area contributed by atoms with Crippen molar-refractivity contribution in [1.82, 2.24) is 4.90 Å². The van der Waals surface area contributed by atoms with Gasteiger partial charge in [0.15, 0.2) is 0 Å². The van der Waals surface area contributed by atoms with Crippen molar-refractivity contribution in [1.29, 1.82) is 0 Å². The molecule has 0 bridgehead atoms. The van der Waals surface area contributed by atoms with Crippen LogP contribution in [0.3, 0.4) is 0 Å². The summed E-state index contributed by atoms with van der Waals surface area (Å²) in [6.45, 7) is 0.356. The number of carbonyl (C=O) groups excluding carboxylic acids is 1. The predicted octanol–water partition coefficient (Wildman–Crippen LogP) is 4.06. The summed E-state index contributed by atoms with van der Waals surface area (Å²) in [5, 5.41) is 9.18. The van der Waals surface area contributed by atoms with E-state index >= 15 is 0 Å². The van der Waals surface area contributed by atoms with Crippen molar-refractivity contribution < 1.29 is 27.9 Å². The van der Waals surface area contributed by atoms with Gasteiger partial charge in [-0.15, -0.1) is 0 Å². The number of nitrogens with zero attached hydrogens (tertiary/aromatic N) is 1. The average Bonchev–Trinajstić information content (AvgIpc) is 3.10. The third kappa shape index (κ3) is 3.42. The van der Waals surface area contributed by atoms with Crippen LogP contribution < -0.4 is 0 Å². The highest BCUT2D eigenvalue weighted by Gasteiger charge is 2.35. The van der Waals surface area contributed by atoms with Crippen LogP contribution in [0.25, 0.3) is 11.1 Å². The number of amides is 1. The number of halogens is 3. The Morgan fingerprint density at radius 3 is 2.31 bits per heavy atom. The summed E-state index contributed by atoms with van der Waals surface area (Å²) in [6, 6.07) is 10.1. The highest BCUT2D eigenvalue weighted by atomic mass is 19.4. The van der Waals surface area contributed by atoms with Crippen LogP contribution in [0.1, 0.15) is 28.8 Å². The van der Waals surface area contributed by atoms with Crippen LogP contribution in [0.4, 0.5) is 13.2 Å². The molecule has 1 aliphatic heterocycles. The first-order valence-corrected chi connectivity index (χ1v) is 8.09. The van der Waals surface area contributed by atoms with Crippen molar-refractivity contribution in [2.24, 2.45) is 0 Å². The van der Waals surface area contributed by atoms with Gasteiger partial charge in [-0.3, -0.25) is 4.79 Å². The molecule has 1 saturated heterocycles. The molecule has 0 radical (unpaired) electrons. The third-order valence-electron chi connectivity index (χ3n) is 4.47. The number of carboxylic acids is 1. The Bertz CT molecular complexity index is 831. The summed E-state index contributed by atoms with van der Waals surface area (Å²) < 4.78 is 39.4. The Balaban J connectivity index is 1.88. The van der Waals surface area contributed by atoms with E-state index in [2.05, 4.69) is 0 Å². The van der Waals surface area contributed by atoms with Crippen LogP contribution in [-0.2, 0) is 11.0 Å². The van der Waals surface area contributed by atoms with E-state index in [1.807, 2.05) is 0 Å². The van der Waals surface area contributed by atoms with Gasteiger partial charge in [-0.25, -0.2) is 4.79 Å². The molecule has 0 aromatic heterocycles. The van der Waals surface area contributed by atoms with Gasteiger partial charge >= 0.3 is 12.1 Å². The standard InChI is InChI=1S/C19H16F3NO3/c20-19(21,22)15-5-2-1-4-14(15)12-7-9-13(10-8-12)17(24)23-11-3-6-16(23)18(25)26/h1-2,4-5,7-10,16H,3,6,11H2,(H,25,26). The molecule has 1 atom stereocenters. The van der Waals surface area contributed by atoms with E-state index in [1.165, 1.54) is 47.4 Å². The lowest BCUT2D eigenvalue weighted by molar-refractivity contribution is -0.141. The van der Waals surface area contributed by atoms with Gasteiger partial charge in [-0.1, -0.05) is 30.3 Å². The molecule has 1 amide bonds. The Morgan fingerprint density at radius 1 is 1.04 bits per heavy atom. The molecule has 0 spiro atoms. The summed E-state index contributed by atoms with van der Waals surface area (Å²) in [5.74, 6) is -1.47. The molecular formula is C19H16F3NO3. The van der Waals surface area contributed by atoms with E-state index in [4.69, 9.17) is 0 Å². The van der Waals surface area contributed by atoms with Crippen LogP contribution in [0.2, 0.25) is 0 Å². The van der Waals surface area contributed by atoms with E-state index < -0.39 is 29.7 Å². The average molecular weight is 363 g/mol. The molecule has 1 fully saturated rings. The summed E-state index contributed by atoms with van der Waals surface area (Å²) in [5.41, 5.74) is -0.120. The SMILES string of the molecule is O=C(O)C1CCCN1C(=O)c1ccc(-c2ccccc2C(F)(F)F)cc1. The quantitative estimate of drug-likeness (QED) is 0.895. The van der Waals surface area contributed by atoms with E-state index in [-0.39, 0.29) is 11.1 Å². The second-order valence-electron chi connectivity index (χ2n) is 6.12. The monoisotopic (exact) mass is 363 g/mol. The number of rotatable bonds is 3. The molecule has 7 heteroatoms. The Kier molecular flexibility index (Phi) is 4.71. The zero-order chi connectivity index (χ0) is 18.9. The molecule has 0 saturated carbocycles. The van der Waals surface area contributed by atoms with Gasteiger partial charge in [0.2, 0.25) is 0 Å². The molecule has 2 aromatic carbocycles. The summed E-state index contributed by atoms with van der Waals surface area (Å²) >= 11 is 0. The first-order valence-electron chi connectivity index (χ1n) is 8.09. The van der Waals surface area contributed by atoms with E-state index in [0.717, 1.165) is 6.07 Å². The molecule has 1 N–H and O–H groups in total. The van der Waals surface area contributed by atoms with E-state index in [1.54, 1.807) is 0 Å². The number of carbonyl (C=O) groups is 2. The van der Waals surface area contributed by atoms with Gasteiger partial charge in [-0.05, 0) is 42.2 Å². The molecule has 26 heavy (non-hydrogen) atoms. The fraction of sp³-hybridized carbons (Fsp3) is 0.263. The van der Waals surface area contributed by atoms with Crippen molar-refractivity contribution in [2.45, 2.75) is 25.1 Å². The molecule has 1 heterocycles. The second kappa shape index (κ2) is 6.82. The fourth-order valence-corrected chi connectivity index (χ4v) is 3.21. The lowest BCUT2D eigenvalue weighted by atomic mass is 9.98. The number of likely N-dealkylation sites (tertiary alicyclic amines) is 1. The van der Waals surface area contributed by atoms with Crippen LogP contribution in [-0.4, -0.2) is 34.5 Å². The predicted molar refractivity (Wildman–Crippen MR) is 88.6 cm³/mol. The van der Waals surface area contributed by atoms with E-state index in [0.29, 0.717) is 24.9 Å². The summed E-state index contributed by atoms with van der Waals surface area (Å²) in [6.07, 6.45) is -3.47. The Labute approximate surface area is 147 Å². The van der Waals surface area contributed by atoms with Crippen LogP contribution in [0, 0.1) is 0 Å². The number of hydrogen-bond acceptors (Lipinski definition) is 2. The van der Waals surface area contributed by atoms with Gasteiger partial charge in [0.05, 0.1) is 5.56 Å². The Hall–Kier alpha value is -2.83. The largest absolute Gasteiger partial charge is 0.480 e. The zero-order valence-corrected chi connectivity index (χ0v) is 13.7. The number of aliphatic carboxylic acids is 1. The van der Waals surface area contributed by atoms with Crippen LogP contribution in [0.5, 0.6) is 0 Å². The van der Waals surface area contributed by atoms with Crippen molar-refractivity contribution >= 4 is 11.9 Å². The molecule has 4 nitrogen and oxygen atoms in total. The van der Waals surface area contributed by atoms with Crippen LogP contribution in [0.15, 0.2) is 48.5 Å². The normalized spacial score (nSPS) is 17.3. The first kappa shape index (κ1) is 18.0. The lowest BCUT2D eigenvalue weighted by Crippen LogP contribution is -2.40. The fourth-order valence-electron chi connectivity index (χ4n) is 3.21. The minimum Gasteiger partial charge on any atom is -0.480 e. The number of carboxylic acid groups (broad SMARTS) is 1. The molecule has 0 aliphatic carbocycles. The second-order valence-corrected chi connectivity index (χ2v) is 6.12. The molecule has 3 rings (SSSR count). The minimum absolute atomic E-state index is 0.0311. The van der Waals surface area contributed by atoms with Crippen LogP contribution >= 0.6 is 0 Å². The third-order valence-corrected chi connectivity index (χ3v) is 4.47. The number of alkyl halides is 3. The number of benzene rings is 2. The number of hydrogen-bond donors (Lipinski definition) is 1. The van der Waals surface area contributed by atoms with Crippen molar-refractivity contribution in [3.63, 3.8) is 0 Å². The van der Waals surface area contributed by atoms with E-state index in [9.17, 15) is 27.9 Å². The first-order chi connectivity index (χ1) is 12.3. The highest BCUT2D eigenvalue weighted by molar-refractivity contribution is 5.97. The zero-order valence-electron chi connectivity index (χ0n) is 13.7. The maximum Gasteiger partial charge on any atom is 0.417 e. The lowest BCUT2D eigenvalue weighted by Gasteiger charge is -2.21. The maximum atomic E-state index is 13.1. The summed E-state index contributed by atoms with van der Waals surface area (Å²) in [4.78, 5) is 25.0. The minimum atomic E-state index is -4.48. The molecular weight excluding hydrogens is 347 g/mol. The van der Waals surface area contributed by atoms with Gasteiger partial charge in [0.1, 0.15) is 6.04 Å². The molecule has 136 valence electrons. The van der Waals surface area contributed by atoms with Crippen molar-refractivity contribution in [3.05, 3.63) is 59.7 Å². The summed E-state index contributed by atoms with van der Waals surface area (Å²) in [7, 11) is 0. The van der Waals surface area contributed by atoms with Crippen molar-refractivity contribution in [2.75, 3.05) is 6.54 Å². The molecule has 2 aromatic rings. The molecule has 1 unspecified atom stereocenters. The van der Waals surface area contributed by atoms with Gasteiger partial charge in [0, 0.05) is 12.1 Å². The highest BCUT2D eigenvalue weighted by Crippen LogP contribution is 2.37. The molecule has 1 aliphatic rings. The van der Waals surface area contributed by atoms with Gasteiger partial charge in [0.25, 0.3) is 5.91 Å². The Morgan fingerprint density at radius 2 is 1.69 bits per heavy atom. The van der Waals surface area contributed by atoms with Crippen molar-refractivity contribution in [3.8, 4) is 11.1 Å². The maximum absolute atomic E-state index is 13.1.